The Kier molecular flexibility index (Phi) is 8.66. The number of benzene rings is 2. The molecular weight excluding hydrogens is 390 g/mol. The third kappa shape index (κ3) is 6.84. The van der Waals surface area contributed by atoms with Gasteiger partial charge in [-0.25, -0.2) is 9.59 Å². The minimum Gasteiger partial charge on any atom is -0.419 e. The molecular formula is C26H35NO4. The van der Waals surface area contributed by atoms with E-state index in [4.69, 9.17) is 9.47 Å². The normalized spacial score (nSPS) is 11.2. The molecule has 0 aliphatic carbocycles. The van der Waals surface area contributed by atoms with Crippen molar-refractivity contribution in [1.29, 1.82) is 0 Å². The lowest BCUT2D eigenvalue weighted by atomic mass is 9.87. The van der Waals surface area contributed by atoms with Gasteiger partial charge in [-0.3, -0.25) is 0 Å². The molecule has 1 amide bonds. The highest BCUT2D eigenvalue weighted by Crippen LogP contribution is 2.34. The zero-order valence-corrected chi connectivity index (χ0v) is 19.7. The molecule has 0 heterocycles. The van der Waals surface area contributed by atoms with E-state index in [1.807, 2.05) is 32.0 Å². The lowest BCUT2D eigenvalue weighted by Gasteiger charge is -2.22. The maximum absolute atomic E-state index is 12.8. The second kappa shape index (κ2) is 11.0. The SMILES string of the molecule is CCCCc1ccc(C(=O)Oc2cc(C(C)(C)C)ccc2OC(=O)N(CC)CC)cc1. The predicted octanol–water partition coefficient (Wildman–Crippen LogP) is 6.39. The summed E-state index contributed by atoms with van der Waals surface area (Å²) in [5.74, 6) is -0.000884. The fourth-order valence-corrected chi connectivity index (χ4v) is 3.13. The van der Waals surface area contributed by atoms with Crippen LogP contribution in [0.3, 0.4) is 0 Å². The first kappa shape index (κ1) is 24.4. The molecule has 0 N–H and O–H groups in total. The second-order valence-electron chi connectivity index (χ2n) is 8.64. The summed E-state index contributed by atoms with van der Waals surface area (Å²) in [5.41, 5.74) is 2.49. The summed E-state index contributed by atoms with van der Waals surface area (Å²) in [5, 5.41) is 0. The van der Waals surface area contributed by atoms with Crippen molar-refractivity contribution in [2.24, 2.45) is 0 Å². The monoisotopic (exact) mass is 425 g/mol. The summed E-state index contributed by atoms with van der Waals surface area (Å²) >= 11 is 0. The molecule has 168 valence electrons. The van der Waals surface area contributed by atoms with Crippen LogP contribution in [0.5, 0.6) is 11.5 Å². The molecule has 0 spiro atoms. The van der Waals surface area contributed by atoms with E-state index < -0.39 is 12.1 Å². The number of ether oxygens (including phenoxy) is 2. The topological polar surface area (TPSA) is 55.8 Å². The molecule has 0 aliphatic rings. The van der Waals surface area contributed by atoms with Gasteiger partial charge < -0.3 is 14.4 Å². The molecule has 0 saturated heterocycles. The molecule has 0 aromatic heterocycles. The zero-order valence-electron chi connectivity index (χ0n) is 19.7. The molecule has 2 aromatic carbocycles. The number of esters is 1. The third-order valence-electron chi connectivity index (χ3n) is 5.24. The van der Waals surface area contributed by atoms with Gasteiger partial charge in [-0.15, -0.1) is 0 Å². The first-order chi connectivity index (χ1) is 14.7. The van der Waals surface area contributed by atoms with E-state index in [-0.39, 0.29) is 16.9 Å². The average molecular weight is 426 g/mol. The van der Waals surface area contributed by atoms with Crippen LogP contribution < -0.4 is 9.47 Å². The Balaban J connectivity index is 2.28. The minimum atomic E-state index is -0.478. The lowest BCUT2D eigenvalue weighted by molar-refractivity contribution is 0.0727. The Bertz CT molecular complexity index is 877. The van der Waals surface area contributed by atoms with Crippen LogP contribution in [0.1, 0.15) is 75.9 Å². The third-order valence-corrected chi connectivity index (χ3v) is 5.24. The summed E-state index contributed by atoms with van der Waals surface area (Å²) in [6.07, 6.45) is 2.77. The number of unbranched alkanes of at least 4 members (excludes halogenated alkanes) is 1. The van der Waals surface area contributed by atoms with Gasteiger partial charge in [-0.2, -0.15) is 0 Å². The molecule has 0 bridgehead atoms. The molecule has 0 fully saturated rings. The van der Waals surface area contributed by atoms with Gasteiger partial charge in [0.2, 0.25) is 0 Å². The van der Waals surface area contributed by atoms with Crippen molar-refractivity contribution in [2.45, 2.75) is 66.2 Å². The van der Waals surface area contributed by atoms with E-state index in [1.54, 1.807) is 29.2 Å². The summed E-state index contributed by atoms with van der Waals surface area (Å²) in [7, 11) is 0. The van der Waals surface area contributed by atoms with Crippen molar-refractivity contribution in [3.8, 4) is 11.5 Å². The predicted molar refractivity (Wildman–Crippen MR) is 124 cm³/mol. The van der Waals surface area contributed by atoms with Gasteiger partial charge in [0.1, 0.15) is 0 Å². The van der Waals surface area contributed by atoms with Crippen LogP contribution in [0.25, 0.3) is 0 Å². The number of carbonyl (C=O) groups excluding carboxylic acids is 2. The minimum absolute atomic E-state index is 0.149. The van der Waals surface area contributed by atoms with E-state index in [1.165, 1.54) is 5.56 Å². The Hall–Kier alpha value is -2.82. The van der Waals surface area contributed by atoms with E-state index in [9.17, 15) is 9.59 Å². The highest BCUT2D eigenvalue weighted by atomic mass is 16.6. The van der Waals surface area contributed by atoms with Crippen LogP contribution in [0.4, 0.5) is 4.79 Å². The van der Waals surface area contributed by atoms with Gasteiger partial charge in [0, 0.05) is 13.1 Å². The van der Waals surface area contributed by atoms with E-state index in [0.29, 0.717) is 18.7 Å². The fraction of sp³-hybridized carbons (Fsp3) is 0.462. The largest absolute Gasteiger partial charge is 0.419 e. The summed E-state index contributed by atoms with van der Waals surface area (Å²) < 4.78 is 11.3. The van der Waals surface area contributed by atoms with Crippen LogP contribution in [0.15, 0.2) is 42.5 Å². The van der Waals surface area contributed by atoms with E-state index >= 15 is 0 Å². The first-order valence-electron chi connectivity index (χ1n) is 11.1. The molecule has 0 unspecified atom stereocenters. The summed E-state index contributed by atoms with van der Waals surface area (Å²) in [6.45, 7) is 13.2. The van der Waals surface area contributed by atoms with Crippen LogP contribution in [0.2, 0.25) is 0 Å². The quantitative estimate of drug-likeness (QED) is 0.363. The van der Waals surface area contributed by atoms with Gasteiger partial charge in [0.15, 0.2) is 11.5 Å². The Morgan fingerprint density at radius 3 is 2.06 bits per heavy atom. The standard InChI is InChI=1S/C26H35NO4/c1-7-10-11-19-12-14-20(15-13-19)24(28)30-23-18-21(26(4,5)6)16-17-22(23)31-25(29)27(8-2)9-3/h12-18H,7-11H2,1-6H3. The maximum Gasteiger partial charge on any atom is 0.415 e. The van der Waals surface area contributed by atoms with Crippen LogP contribution >= 0.6 is 0 Å². The van der Waals surface area contributed by atoms with E-state index in [2.05, 4.69) is 27.7 Å². The summed E-state index contributed by atoms with van der Waals surface area (Å²) in [6, 6.07) is 12.8. The average Bonchev–Trinajstić information content (AvgIpc) is 2.74. The number of nitrogens with zero attached hydrogens (tertiary/aromatic N) is 1. The number of carbonyl (C=O) groups is 2. The number of amides is 1. The Morgan fingerprint density at radius 1 is 0.871 bits per heavy atom. The molecule has 0 radical (unpaired) electrons. The Morgan fingerprint density at radius 2 is 1.52 bits per heavy atom. The molecule has 0 aliphatic heterocycles. The van der Waals surface area contributed by atoms with Crippen molar-refractivity contribution in [3.63, 3.8) is 0 Å². The highest BCUT2D eigenvalue weighted by Gasteiger charge is 2.22. The first-order valence-corrected chi connectivity index (χ1v) is 11.1. The number of hydrogen-bond acceptors (Lipinski definition) is 4. The maximum atomic E-state index is 12.8. The zero-order chi connectivity index (χ0) is 23.0. The molecule has 5 nitrogen and oxygen atoms in total. The summed E-state index contributed by atoms with van der Waals surface area (Å²) in [4.78, 5) is 26.8. The molecule has 0 atom stereocenters. The molecule has 0 saturated carbocycles. The lowest BCUT2D eigenvalue weighted by Crippen LogP contribution is -2.33. The van der Waals surface area contributed by atoms with Crippen LogP contribution in [-0.4, -0.2) is 30.1 Å². The van der Waals surface area contributed by atoms with Gasteiger partial charge in [0.05, 0.1) is 5.56 Å². The van der Waals surface area contributed by atoms with Crippen molar-refractivity contribution in [2.75, 3.05) is 13.1 Å². The van der Waals surface area contributed by atoms with Gasteiger partial charge in [-0.05, 0) is 67.5 Å². The van der Waals surface area contributed by atoms with Crippen LogP contribution in [-0.2, 0) is 11.8 Å². The van der Waals surface area contributed by atoms with E-state index in [0.717, 1.165) is 24.8 Å². The van der Waals surface area contributed by atoms with Crippen molar-refractivity contribution < 1.29 is 19.1 Å². The van der Waals surface area contributed by atoms with Gasteiger partial charge in [-0.1, -0.05) is 52.3 Å². The molecule has 2 aromatic rings. The smallest absolute Gasteiger partial charge is 0.415 e. The van der Waals surface area contributed by atoms with Crippen molar-refractivity contribution >= 4 is 12.1 Å². The van der Waals surface area contributed by atoms with Gasteiger partial charge in [0.25, 0.3) is 0 Å². The highest BCUT2D eigenvalue weighted by molar-refractivity contribution is 5.91. The molecule has 2 rings (SSSR count). The Labute approximate surface area is 186 Å². The fourth-order valence-electron chi connectivity index (χ4n) is 3.13. The van der Waals surface area contributed by atoms with Gasteiger partial charge >= 0.3 is 12.1 Å². The number of hydrogen-bond donors (Lipinski definition) is 0. The molecule has 5 heteroatoms. The number of aryl methyl sites for hydroxylation is 1. The molecule has 31 heavy (non-hydrogen) atoms. The van der Waals surface area contributed by atoms with Crippen molar-refractivity contribution in [1.82, 2.24) is 4.90 Å². The van der Waals surface area contributed by atoms with Crippen molar-refractivity contribution in [3.05, 3.63) is 59.2 Å². The number of rotatable bonds is 8. The second-order valence-corrected chi connectivity index (χ2v) is 8.64. The van der Waals surface area contributed by atoms with Crippen LogP contribution in [0, 0.1) is 0 Å².